The molecule has 2 rings (SSSR count). The lowest BCUT2D eigenvalue weighted by Gasteiger charge is -2.13. The molecule has 2 amide bonds. The van der Waals surface area contributed by atoms with Crippen LogP contribution < -0.4 is 16.0 Å². The van der Waals surface area contributed by atoms with Gasteiger partial charge in [-0.3, -0.25) is 14.4 Å². The van der Waals surface area contributed by atoms with E-state index in [-0.39, 0.29) is 30.5 Å². The van der Waals surface area contributed by atoms with E-state index in [1.165, 1.54) is 7.11 Å². The number of hydrogen-bond donors (Lipinski definition) is 3. The molecule has 0 aliphatic rings. The topological polar surface area (TPSA) is 106 Å². The maximum atomic E-state index is 12.6. The standard InChI is InChI=1S/C23H27N3O5S/c1-30-15-16-31-21(28)12-11-20(27)26-23(32)25-19-10-6-5-9-18(19)22(29)24-14-13-17-7-3-2-4-8-17/h2-10H,11-16H2,1H3,(H,24,29)(H2,25,26,27,32). The Labute approximate surface area is 192 Å². The van der Waals surface area contributed by atoms with Crippen LogP contribution in [0.15, 0.2) is 54.6 Å². The zero-order chi connectivity index (χ0) is 23.2. The number of carbonyl (C=O) groups is 3. The first-order chi connectivity index (χ1) is 15.5. The van der Waals surface area contributed by atoms with Crippen LogP contribution in [0.5, 0.6) is 0 Å². The highest BCUT2D eigenvalue weighted by molar-refractivity contribution is 7.80. The summed E-state index contributed by atoms with van der Waals surface area (Å²) in [4.78, 5) is 36.2. The minimum atomic E-state index is -0.492. The number of methoxy groups -OCH3 is 1. The summed E-state index contributed by atoms with van der Waals surface area (Å²) in [6, 6.07) is 16.7. The van der Waals surface area contributed by atoms with Gasteiger partial charge in [0.05, 0.1) is 24.3 Å². The van der Waals surface area contributed by atoms with E-state index in [0.717, 1.165) is 5.56 Å². The number of hydrogen-bond acceptors (Lipinski definition) is 6. The molecule has 32 heavy (non-hydrogen) atoms. The molecule has 2 aromatic rings. The van der Waals surface area contributed by atoms with E-state index in [1.807, 2.05) is 30.3 Å². The first-order valence-electron chi connectivity index (χ1n) is 10.2. The molecule has 0 aliphatic carbocycles. The van der Waals surface area contributed by atoms with Crippen molar-refractivity contribution >= 4 is 40.8 Å². The zero-order valence-electron chi connectivity index (χ0n) is 17.9. The summed E-state index contributed by atoms with van der Waals surface area (Å²) >= 11 is 5.17. The van der Waals surface area contributed by atoms with Gasteiger partial charge in [0.1, 0.15) is 6.61 Å². The summed E-state index contributed by atoms with van der Waals surface area (Å²) in [5.41, 5.74) is 2.00. The van der Waals surface area contributed by atoms with Gasteiger partial charge in [-0.05, 0) is 36.3 Å². The minimum Gasteiger partial charge on any atom is -0.463 e. The van der Waals surface area contributed by atoms with Gasteiger partial charge in [0.15, 0.2) is 5.11 Å². The Morgan fingerprint density at radius 1 is 0.938 bits per heavy atom. The quantitative estimate of drug-likeness (QED) is 0.270. The fourth-order valence-electron chi connectivity index (χ4n) is 2.72. The van der Waals surface area contributed by atoms with E-state index < -0.39 is 11.9 Å². The van der Waals surface area contributed by atoms with Crippen molar-refractivity contribution in [2.75, 3.05) is 32.2 Å². The average molecular weight is 458 g/mol. The first kappa shape index (κ1) is 25.0. The largest absolute Gasteiger partial charge is 0.463 e. The maximum Gasteiger partial charge on any atom is 0.306 e. The second-order valence-electron chi connectivity index (χ2n) is 6.75. The molecule has 8 nitrogen and oxygen atoms in total. The van der Waals surface area contributed by atoms with E-state index in [4.69, 9.17) is 21.7 Å². The van der Waals surface area contributed by atoms with Crippen molar-refractivity contribution < 1.29 is 23.9 Å². The third-order valence-corrected chi connectivity index (χ3v) is 4.53. The van der Waals surface area contributed by atoms with Crippen LogP contribution in [0.4, 0.5) is 5.69 Å². The Kier molecular flexibility index (Phi) is 10.8. The molecule has 0 atom stereocenters. The van der Waals surface area contributed by atoms with Crippen molar-refractivity contribution in [2.45, 2.75) is 19.3 Å². The van der Waals surface area contributed by atoms with Gasteiger partial charge in [0.25, 0.3) is 5.91 Å². The predicted octanol–water partition coefficient (Wildman–Crippen LogP) is 2.44. The number of benzene rings is 2. The molecule has 0 radical (unpaired) electrons. The van der Waals surface area contributed by atoms with Crippen molar-refractivity contribution in [3.63, 3.8) is 0 Å². The van der Waals surface area contributed by atoms with Gasteiger partial charge in [0, 0.05) is 20.1 Å². The van der Waals surface area contributed by atoms with Gasteiger partial charge in [-0.2, -0.15) is 0 Å². The van der Waals surface area contributed by atoms with Crippen LogP contribution in [0.25, 0.3) is 0 Å². The van der Waals surface area contributed by atoms with Crippen LogP contribution in [0, 0.1) is 0 Å². The lowest BCUT2D eigenvalue weighted by molar-refractivity contribution is -0.146. The summed E-state index contributed by atoms with van der Waals surface area (Å²) in [7, 11) is 1.50. The van der Waals surface area contributed by atoms with Crippen LogP contribution in [0.3, 0.4) is 0 Å². The van der Waals surface area contributed by atoms with Crippen LogP contribution in [0.2, 0.25) is 0 Å². The van der Waals surface area contributed by atoms with Gasteiger partial charge in [-0.25, -0.2) is 0 Å². The highest BCUT2D eigenvalue weighted by atomic mass is 32.1. The second-order valence-corrected chi connectivity index (χ2v) is 7.16. The monoisotopic (exact) mass is 457 g/mol. The van der Waals surface area contributed by atoms with Gasteiger partial charge in [0.2, 0.25) is 5.91 Å². The molecular weight excluding hydrogens is 430 g/mol. The SMILES string of the molecule is COCCOC(=O)CCC(=O)NC(=S)Nc1ccccc1C(=O)NCCc1ccccc1. The second kappa shape index (κ2) is 13.9. The molecule has 0 saturated carbocycles. The summed E-state index contributed by atoms with van der Waals surface area (Å²) in [5.74, 6) is -1.18. The highest BCUT2D eigenvalue weighted by Crippen LogP contribution is 2.15. The third kappa shape index (κ3) is 9.23. The molecule has 0 bridgehead atoms. The Morgan fingerprint density at radius 3 is 2.41 bits per heavy atom. The van der Waals surface area contributed by atoms with E-state index >= 15 is 0 Å². The van der Waals surface area contributed by atoms with Gasteiger partial charge >= 0.3 is 5.97 Å². The fraction of sp³-hybridized carbons (Fsp3) is 0.304. The van der Waals surface area contributed by atoms with Crippen molar-refractivity contribution in [1.82, 2.24) is 10.6 Å². The molecule has 0 fully saturated rings. The number of anilines is 1. The molecule has 0 heterocycles. The maximum absolute atomic E-state index is 12.6. The summed E-state index contributed by atoms with van der Waals surface area (Å²) < 4.78 is 9.68. The summed E-state index contributed by atoms with van der Waals surface area (Å²) in [5, 5.41) is 8.29. The number of amides is 2. The van der Waals surface area contributed by atoms with Crippen molar-refractivity contribution in [1.29, 1.82) is 0 Å². The number of carbonyl (C=O) groups excluding carboxylic acids is 3. The van der Waals surface area contributed by atoms with Crippen LogP contribution >= 0.6 is 12.2 Å². The Bertz CT molecular complexity index is 921. The molecule has 0 aliphatic heterocycles. The van der Waals surface area contributed by atoms with Crippen molar-refractivity contribution in [2.24, 2.45) is 0 Å². The van der Waals surface area contributed by atoms with E-state index in [1.54, 1.807) is 24.3 Å². The summed E-state index contributed by atoms with van der Waals surface area (Å²) in [6.07, 6.45) is 0.568. The van der Waals surface area contributed by atoms with Crippen LogP contribution in [-0.4, -0.2) is 49.8 Å². The van der Waals surface area contributed by atoms with Crippen LogP contribution in [0.1, 0.15) is 28.8 Å². The molecule has 0 unspecified atom stereocenters. The van der Waals surface area contributed by atoms with E-state index in [0.29, 0.717) is 30.8 Å². The highest BCUT2D eigenvalue weighted by Gasteiger charge is 2.13. The predicted molar refractivity (Wildman–Crippen MR) is 125 cm³/mol. The summed E-state index contributed by atoms with van der Waals surface area (Å²) in [6.45, 7) is 0.922. The van der Waals surface area contributed by atoms with Crippen molar-refractivity contribution in [3.8, 4) is 0 Å². The lowest BCUT2D eigenvalue weighted by atomic mass is 10.1. The first-order valence-corrected chi connectivity index (χ1v) is 10.6. The van der Waals surface area contributed by atoms with Crippen LogP contribution in [-0.2, 0) is 25.5 Å². The Balaban J connectivity index is 1.80. The molecule has 0 aromatic heterocycles. The number of rotatable bonds is 11. The number of ether oxygens (including phenoxy) is 2. The Hall–Kier alpha value is -3.30. The van der Waals surface area contributed by atoms with Crippen molar-refractivity contribution in [3.05, 3.63) is 65.7 Å². The average Bonchev–Trinajstić information content (AvgIpc) is 2.79. The van der Waals surface area contributed by atoms with Gasteiger partial charge in [-0.15, -0.1) is 0 Å². The van der Waals surface area contributed by atoms with E-state index in [2.05, 4.69) is 16.0 Å². The molecule has 9 heteroatoms. The molecule has 3 N–H and O–H groups in total. The molecule has 2 aromatic carbocycles. The lowest BCUT2D eigenvalue weighted by Crippen LogP contribution is -2.35. The number of nitrogens with one attached hydrogen (secondary N) is 3. The number of esters is 1. The van der Waals surface area contributed by atoms with E-state index in [9.17, 15) is 14.4 Å². The third-order valence-electron chi connectivity index (χ3n) is 4.32. The molecule has 0 spiro atoms. The smallest absolute Gasteiger partial charge is 0.306 e. The Morgan fingerprint density at radius 2 is 1.66 bits per heavy atom. The number of thiocarbonyl (C=S) groups is 1. The molecule has 170 valence electrons. The zero-order valence-corrected chi connectivity index (χ0v) is 18.7. The van der Waals surface area contributed by atoms with Gasteiger partial charge in [-0.1, -0.05) is 42.5 Å². The fourth-order valence-corrected chi connectivity index (χ4v) is 2.94. The molecular formula is C23H27N3O5S. The molecule has 0 saturated heterocycles. The normalized spacial score (nSPS) is 10.2. The van der Waals surface area contributed by atoms with Gasteiger partial charge < -0.3 is 25.4 Å². The number of para-hydroxylation sites is 1. The minimum absolute atomic E-state index is 0.0345.